The SMILES string of the molecule is C#CCOC(c1ccccc1OC)N1CCOCC1.Cl. The molecule has 1 fully saturated rings. The molecule has 1 aliphatic rings. The summed E-state index contributed by atoms with van der Waals surface area (Å²) in [6.07, 6.45) is 5.12. The van der Waals surface area contributed by atoms with Crippen molar-refractivity contribution in [3.05, 3.63) is 29.8 Å². The molecule has 1 aliphatic heterocycles. The van der Waals surface area contributed by atoms with Crippen molar-refractivity contribution in [1.29, 1.82) is 0 Å². The number of terminal acetylenes is 1. The predicted octanol–water partition coefficient (Wildman–Crippen LogP) is 2.10. The number of halogens is 1. The molecule has 1 heterocycles. The third-order valence-electron chi connectivity index (χ3n) is 3.11. The third-order valence-corrected chi connectivity index (χ3v) is 3.11. The van der Waals surface area contributed by atoms with Crippen LogP contribution >= 0.6 is 12.4 Å². The second-order valence-electron chi connectivity index (χ2n) is 4.26. The number of morpholine rings is 1. The van der Waals surface area contributed by atoms with Gasteiger partial charge in [0.1, 0.15) is 18.6 Å². The lowest BCUT2D eigenvalue weighted by Crippen LogP contribution is -2.40. The third kappa shape index (κ3) is 4.12. The molecular weight excluding hydrogens is 278 g/mol. The van der Waals surface area contributed by atoms with Crippen LogP contribution < -0.4 is 4.74 Å². The molecule has 1 aromatic carbocycles. The first-order valence-electron chi connectivity index (χ1n) is 6.36. The van der Waals surface area contributed by atoms with Crippen LogP contribution in [0, 0.1) is 12.3 Å². The maximum Gasteiger partial charge on any atom is 0.141 e. The summed E-state index contributed by atoms with van der Waals surface area (Å²) in [6.45, 7) is 3.36. The number of hydrogen-bond acceptors (Lipinski definition) is 4. The molecule has 1 saturated heterocycles. The van der Waals surface area contributed by atoms with Crippen LogP contribution in [0.5, 0.6) is 5.75 Å². The van der Waals surface area contributed by atoms with Crippen molar-refractivity contribution in [2.45, 2.75) is 6.23 Å². The van der Waals surface area contributed by atoms with Gasteiger partial charge < -0.3 is 14.2 Å². The van der Waals surface area contributed by atoms with Gasteiger partial charge in [-0.2, -0.15) is 0 Å². The molecule has 0 bridgehead atoms. The lowest BCUT2D eigenvalue weighted by Gasteiger charge is -2.34. The highest BCUT2D eigenvalue weighted by molar-refractivity contribution is 5.85. The normalized spacial score (nSPS) is 16.8. The summed E-state index contributed by atoms with van der Waals surface area (Å²) < 4.78 is 16.6. The van der Waals surface area contributed by atoms with E-state index in [1.165, 1.54) is 0 Å². The topological polar surface area (TPSA) is 30.9 Å². The Kier molecular flexibility index (Phi) is 7.42. The Bertz CT molecular complexity index is 441. The van der Waals surface area contributed by atoms with E-state index in [1.54, 1.807) is 7.11 Å². The highest BCUT2D eigenvalue weighted by Crippen LogP contribution is 2.30. The zero-order valence-corrected chi connectivity index (χ0v) is 12.4. The molecule has 0 N–H and O–H groups in total. The standard InChI is InChI=1S/C15H19NO3.ClH/c1-3-10-19-15(16-8-11-18-12-9-16)13-6-4-5-7-14(13)17-2;/h1,4-7,15H,8-12H2,2H3;1H. The van der Waals surface area contributed by atoms with Gasteiger partial charge >= 0.3 is 0 Å². The van der Waals surface area contributed by atoms with Gasteiger partial charge in [-0.05, 0) is 6.07 Å². The van der Waals surface area contributed by atoms with E-state index in [0.717, 1.165) is 24.4 Å². The van der Waals surface area contributed by atoms with Crippen molar-refractivity contribution < 1.29 is 14.2 Å². The molecule has 0 saturated carbocycles. The first-order chi connectivity index (χ1) is 9.36. The van der Waals surface area contributed by atoms with Crippen molar-refractivity contribution in [1.82, 2.24) is 4.90 Å². The molecule has 4 nitrogen and oxygen atoms in total. The number of para-hydroxylation sites is 1. The molecule has 0 radical (unpaired) electrons. The quantitative estimate of drug-likeness (QED) is 0.779. The van der Waals surface area contributed by atoms with Crippen LogP contribution in [0.4, 0.5) is 0 Å². The number of methoxy groups -OCH3 is 1. The van der Waals surface area contributed by atoms with Gasteiger partial charge in [-0.15, -0.1) is 18.8 Å². The van der Waals surface area contributed by atoms with E-state index in [0.29, 0.717) is 13.2 Å². The van der Waals surface area contributed by atoms with E-state index in [-0.39, 0.29) is 25.2 Å². The summed E-state index contributed by atoms with van der Waals surface area (Å²) in [6, 6.07) is 7.86. The molecule has 2 rings (SSSR count). The monoisotopic (exact) mass is 297 g/mol. The Morgan fingerprint density at radius 2 is 2.05 bits per heavy atom. The van der Waals surface area contributed by atoms with Crippen LogP contribution in [0.2, 0.25) is 0 Å². The fourth-order valence-electron chi connectivity index (χ4n) is 2.20. The van der Waals surface area contributed by atoms with E-state index in [1.807, 2.05) is 24.3 Å². The van der Waals surface area contributed by atoms with Crippen molar-refractivity contribution in [3.8, 4) is 18.1 Å². The molecule has 0 aromatic heterocycles. The van der Waals surface area contributed by atoms with Crippen LogP contribution in [-0.4, -0.2) is 44.9 Å². The summed E-state index contributed by atoms with van der Waals surface area (Å²) in [5.41, 5.74) is 1.00. The van der Waals surface area contributed by atoms with Gasteiger partial charge in [-0.3, -0.25) is 4.90 Å². The molecular formula is C15H20ClNO3. The number of rotatable bonds is 5. The summed E-state index contributed by atoms with van der Waals surface area (Å²) in [5.74, 6) is 3.34. The van der Waals surface area contributed by atoms with Gasteiger partial charge in [0, 0.05) is 18.7 Å². The first kappa shape index (κ1) is 16.8. The Hall–Kier alpha value is -1.25. The van der Waals surface area contributed by atoms with E-state index in [4.69, 9.17) is 20.6 Å². The van der Waals surface area contributed by atoms with Crippen LogP contribution in [0.3, 0.4) is 0 Å². The summed E-state index contributed by atoms with van der Waals surface area (Å²) in [7, 11) is 1.66. The minimum Gasteiger partial charge on any atom is -0.496 e. The van der Waals surface area contributed by atoms with Crippen LogP contribution in [0.25, 0.3) is 0 Å². The second-order valence-corrected chi connectivity index (χ2v) is 4.26. The Labute approximate surface area is 126 Å². The fraction of sp³-hybridized carbons (Fsp3) is 0.467. The number of nitrogens with zero attached hydrogens (tertiary/aromatic N) is 1. The minimum atomic E-state index is -0.184. The predicted molar refractivity (Wildman–Crippen MR) is 80.2 cm³/mol. The van der Waals surface area contributed by atoms with E-state index in [9.17, 15) is 0 Å². The zero-order chi connectivity index (χ0) is 13.5. The number of hydrogen-bond donors (Lipinski definition) is 0. The fourth-order valence-corrected chi connectivity index (χ4v) is 2.20. The maximum atomic E-state index is 5.81. The van der Waals surface area contributed by atoms with Crippen molar-refractivity contribution >= 4 is 12.4 Å². The summed E-state index contributed by atoms with van der Waals surface area (Å²) in [4.78, 5) is 2.22. The molecule has 1 atom stereocenters. The summed E-state index contributed by atoms with van der Waals surface area (Å²) in [5, 5.41) is 0. The highest BCUT2D eigenvalue weighted by Gasteiger charge is 2.25. The Balaban J connectivity index is 0.00000200. The number of ether oxygens (including phenoxy) is 3. The van der Waals surface area contributed by atoms with Crippen LogP contribution in [0.1, 0.15) is 11.8 Å². The molecule has 1 aromatic rings. The molecule has 20 heavy (non-hydrogen) atoms. The molecule has 5 heteroatoms. The van der Waals surface area contributed by atoms with Crippen molar-refractivity contribution in [2.75, 3.05) is 40.0 Å². The van der Waals surface area contributed by atoms with Gasteiger partial charge in [0.05, 0.1) is 20.3 Å². The maximum absolute atomic E-state index is 5.81. The highest BCUT2D eigenvalue weighted by atomic mass is 35.5. The van der Waals surface area contributed by atoms with Gasteiger partial charge in [0.15, 0.2) is 0 Å². The van der Waals surface area contributed by atoms with Crippen molar-refractivity contribution in [3.63, 3.8) is 0 Å². The molecule has 0 amide bonds. The average Bonchev–Trinajstić information content (AvgIpc) is 2.49. The van der Waals surface area contributed by atoms with Crippen LogP contribution in [-0.2, 0) is 9.47 Å². The average molecular weight is 298 g/mol. The first-order valence-corrected chi connectivity index (χ1v) is 6.36. The lowest BCUT2D eigenvalue weighted by atomic mass is 10.1. The van der Waals surface area contributed by atoms with Crippen LogP contribution in [0.15, 0.2) is 24.3 Å². The van der Waals surface area contributed by atoms with Crippen molar-refractivity contribution in [2.24, 2.45) is 0 Å². The van der Waals surface area contributed by atoms with Gasteiger partial charge in [0.2, 0.25) is 0 Å². The minimum absolute atomic E-state index is 0. The van der Waals surface area contributed by atoms with Gasteiger partial charge in [-0.25, -0.2) is 0 Å². The Morgan fingerprint density at radius 1 is 1.35 bits per heavy atom. The molecule has 110 valence electrons. The molecule has 0 spiro atoms. The van der Waals surface area contributed by atoms with E-state index < -0.39 is 0 Å². The number of benzene rings is 1. The Morgan fingerprint density at radius 3 is 2.70 bits per heavy atom. The lowest BCUT2D eigenvalue weighted by molar-refractivity contribution is -0.0909. The van der Waals surface area contributed by atoms with E-state index in [2.05, 4.69) is 10.8 Å². The molecule has 1 unspecified atom stereocenters. The molecule has 0 aliphatic carbocycles. The smallest absolute Gasteiger partial charge is 0.141 e. The second kappa shape index (κ2) is 8.83. The van der Waals surface area contributed by atoms with E-state index >= 15 is 0 Å². The van der Waals surface area contributed by atoms with Gasteiger partial charge in [0.25, 0.3) is 0 Å². The zero-order valence-electron chi connectivity index (χ0n) is 11.6. The summed E-state index contributed by atoms with van der Waals surface area (Å²) >= 11 is 0. The largest absolute Gasteiger partial charge is 0.496 e. The van der Waals surface area contributed by atoms with Gasteiger partial charge in [-0.1, -0.05) is 24.1 Å².